The first-order chi connectivity index (χ1) is 7.88. The standard InChI is InChI=1S/C15H13N/c16-12-15-10-8-14(9-11-15)7-6-13-4-2-1-3-5-13/h1-5,8-11H,12,16H2. The van der Waals surface area contributed by atoms with E-state index in [9.17, 15) is 0 Å². The summed E-state index contributed by atoms with van der Waals surface area (Å²) < 4.78 is 0. The fraction of sp³-hybridized carbons (Fsp3) is 0.0667. The van der Waals surface area contributed by atoms with Crippen molar-refractivity contribution in [2.75, 3.05) is 0 Å². The lowest BCUT2D eigenvalue weighted by Gasteiger charge is -1.95. The Labute approximate surface area is 95.9 Å². The van der Waals surface area contributed by atoms with Crippen LogP contribution >= 0.6 is 0 Å². The Balaban J connectivity index is 2.18. The molecule has 1 heteroatoms. The summed E-state index contributed by atoms with van der Waals surface area (Å²) >= 11 is 0. The predicted octanol–water partition coefficient (Wildman–Crippen LogP) is 2.55. The third-order valence-corrected chi connectivity index (χ3v) is 2.31. The van der Waals surface area contributed by atoms with Crippen LogP contribution in [0.4, 0.5) is 0 Å². The number of hydrogen-bond donors (Lipinski definition) is 1. The summed E-state index contributed by atoms with van der Waals surface area (Å²) in [6.45, 7) is 0.576. The molecule has 0 atom stereocenters. The summed E-state index contributed by atoms with van der Waals surface area (Å²) in [7, 11) is 0. The molecule has 16 heavy (non-hydrogen) atoms. The van der Waals surface area contributed by atoms with Crippen molar-refractivity contribution in [2.45, 2.75) is 6.54 Å². The Morgan fingerprint density at radius 2 is 1.31 bits per heavy atom. The fourth-order valence-corrected chi connectivity index (χ4v) is 1.39. The smallest absolute Gasteiger partial charge is 0.0249 e. The van der Waals surface area contributed by atoms with Crippen LogP contribution in [0.15, 0.2) is 54.6 Å². The van der Waals surface area contributed by atoms with Gasteiger partial charge in [-0.3, -0.25) is 0 Å². The zero-order valence-electron chi connectivity index (χ0n) is 8.98. The molecule has 2 N–H and O–H groups in total. The molecule has 2 rings (SSSR count). The minimum atomic E-state index is 0.576. The van der Waals surface area contributed by atoms with Gasteiger partial charge in [0.1, 0.15) is 0 Å². The van der Waals surface area contributed by atoms with Crippen LogP contribution < -0.4 is 5.73 Å². The van der Waals surface area contributed by atoms with Crippen LogP contribution in [0.2, 0.25) is 0 Å². The van der Waals surface area contributed by atoms with Crippen molar-refractivity contribution in [2.24, 2.45) is 5.73 Å². The van der Waals surface area contributed by atoms with Gasteiger partial charge in [0.2, 0.25) is 0 Å². The second-order valence-electron chi connectivity index (χ2n) is 3.52. The highest BCUT2D eigenvalue weighted by Gasteiger charge is 1.89. The topological polar surface area (TPSA) is 26.0 Å². The largest absolute Gasteiger partial charge is 0.326 e. The van der Waals surface area contributed by atoms with E-state index in [0.29, 0.717) is 6.54 Å². The molecule has 0 aromatic heterocycles. The van der Waals surface area contributed by atoms with Gasteiger partial charge in [-0.1, -0.05) is 42.2 Å². The fourth-order valence-electron chi connectivity index (χ4n) is 1.39. The summed E-state index contributed by atoms with van der Waals surface area (Å²) in [6.07, 6.45) is 0. The maximum absolute atomic E-state index is 5.53. The van der Waals surface area contributed by atoms with Gasteiger partial charge in [-0.25, -0.2) is 0 Å². The molecule has 0 aliphatic rings. The van der Waals surface area contributed by atoms with E-state index in [2.05, 4.69) is 11.8 Å². The molecule has 2 aromatic rings. The van der Waals surface area contributed by atoms with E-state index in [-0.39, 0.29) is 0 Å². The maximum atomic E-state index is 5.53. The highest BCUT2D eigenvalue weighted by molar-refractivity contribution is 5.43. The van der Waals surface area contributed by atoms with Gasteiger partial charge >= 0.3 is 0 Å². The van der Waals surface area contributed by atoms with Crippen molar-refractivity contribution in [3.05, 3.63) is 71.3 Å². The predicted molar refractivity (Wildman–Crippen MR) is 66.8 cm³/mol. The lowest BCUT2D eigenvalue weighted by atomic mass is 10.1. The number of hydrogen-bond acceptors (Lipinski definition) is 1. The van der Waals surface area contributed by atoms with Crippen LogP contribution in [0.5, 0.6) is 0 Å². The van der Waals surface area contributed by atoms with E-state index in [0.717, 1.165) is 16.7 Å². The van der Waals surface area contributed by atoms with E-state index in [4.69, 9.17) is 5.73 Å². The Hall–Kier alpha value is -2.04. The average Bonchev–Trinajstić information content (AvgIpc) is 2.38. The first-order valence-corrected chi connectivity index (χ1v) is 5.24. The molecular formula is C15H13N. The normalized spacial score (nSPS) is 9.31. The lowest BCUT2D eigenvalue weighted by molar-refractivity contribution is 1.07. The summed E-state index contributed by atoms with van der Waals surface area (Å²) in [6, 6.07) is 18.0. The van der Waals surface area contributed by atoms with E-state index in [1.807, 2.05) is 54.6 Å². The van der Waals surface area contributed by atoms with Gasteiger partial charge < -0.3 is 5.73 Å². The van der Waals surface area contributed by atoms with Crippen molar-refractivity contribution < 1.29 is 0 Å². The third-order valence-electron chi connectivity index (χ3n) is 2.31. The monoisotopic (exact) mass is 207 g/mol. The summed E-state index contributed by atoms with van der Waals surface area (Å²) in [5.74, 6) is 6.24. The van der Waals surface area contributed by atoms with E-state index in [1.54, 1.807) is 0 Å². The molecule has 0 unspecified atom stereocenters. The minimum absolute atomic E-state index is 0.576. The number of nitrogens with two attached hydrogens (primary N) is 1. The Morgan fingerprint density at radius 1 is 0.750 bits per heavy atom. The lowest BCUT2D eigenvalue weighted by Crippen LogP contribution is -1.95. The van der Waals surface area contributed by atoms with Crippen LogP contribution in [-0.2, 0) is 6.54 Å². The molecule has 0 heterocycles. The van der Waals surface area contributed by atoms with Gasteiger partial charge in [-0.15, -0.1) is 0 Å². The molecule has 2 aromatic carbocycles. The van der Waals surface area contributed by atoms with Crippen molar-refractivity contribution >= 4 is 0 Å². The van der Waals surface area contributed by atoms with Gasteiger partial charge in [0.25, 0.3) is 0 Å². The molecule has 0 radical (unpaired) electrons. The Kier molecular flexibility index (Phi) is 3.38. The van der Waals surface area contributed by atoms with E-state index < -0.39 is 0 Å². The highest BCUT2D eigenvalue weighted by atomic mass is 14.5. The molecule has 0 bridgehead atoms. The highest BCUT2D eigenvalue weighted by Crippen LogP contribution is 2.03. The van der Waals surface area contributed by atoms with Gasteiger partial charge in [-0.05, 0) is 29.8 Å². The van der Waals surface area contributed by atoms with Crippen LogP contribution in [0.1, 0.15) is 16.7 Å². The average molecular weight is 207 g/mol. The first kappa shape index (κ1) is 10.5. The summed E-state index contributed by atoms with van der Waals surface area (Å²) in [5, 5.41) is 0. The quantitative estimate of drug-likeness (QED) is 0.714. The molecule has 0 spiro atoms. The summed E-state index contributed by atoms with van der Waals surface area (Å²) in [4.78, 5) is 0. The Morgan fingerprint density at radius 3 is 1.88 bits per heavy atom. The maximum Gasteiger partial charge on any atom is 0.0249 e. The second kappa shape index (κ2) is 5.16. The van der Waals surface area contributed by atoms with Crippen LogP contribution in [-0.4, -0.2) is 0 Å². The number of benzene rings is 2. The van der Waals surface area contributed by atoms with Gasteiger partial charge in [0, 0.05) is 17.7 Å². The zero-order chi connectivity index (χ0) is 11.2. The molecule has 0 fully saturated rings. The minimum Gasteiger partial charge on any atom is -0.326 e. The second-order valence-corrected chi connectivity index (χ2v) is 3.52. The Bertz CT molecular complexity index is 501. The van der Waals surface area contributed by atoms with Crippen molar-refractivity contribution in [3.8, 4) is 11.8 Å². The SMILES string of the molecule is NCc1ccc(C#Cc2ccccc2)cc1. The van der Waals surface area contributed by atoms with Crippen LogP contribution in [0, 0.1) is 11.8 Å². The van der Waals surface area contributed by atoms with Crippen molar-refractivity contribution in [1.82, 2.24) is 0 Å². The molecule has 0 aliphatic carbocycles. The molecule has 78 valence electrons. The van der Waals surface area contributed by atoms with Crippen molar-refractivity contribution in [3.63, 3.8) is 0 Å². The molecule has 0 saturated carbocycles. The van der Waals surface area contributed by atoms with Gasteiger partial charge in [0.15, 0.2) is 0 Å². The van der Waals surface area contributed by atoms with Gasteiger partial charge in [0.05, 0.1) is 0 Å². The van der Waals surface area contributed by atoms with Crippen LogP contribution in [0.25, 0.3) is 0 Å². The number of rotatable bonds is 1. The zero-order valence-corrected chi connectivity index (χ0v) is 8.98. The van der Waals surface area contributed by atoms with Gasteiger partial charge in [-0.2, -0.15) is 0 Å². The molecule has 0 aliphatic heterocycles. The molecule has 1 nitrogen and oxygen atoms in total. The molecule has 0 saturated heterocycles. The molecule has 0 amide bonds. The molecular weight excluding hydrogens is 194 g/mol. The van der Waals surface area contributed by atoms with E-state index in [1.165, 1.54) is 0 Å². The first-order valence-electron chi connectivity index (χ1n) is 5.24. The third kappa shape index (κ3) is 2.73. The van der Waals surface area contributed by atoms with E-state index >= 15 is 0 Å². The van der Waals surface area contributed by atoms with Crippen LogP contribution in [0.3, 0.4) is 0 Å². The summed E-state index contributed by atoms with van der Waals surface area (Å²) in [5.41, 5.74) is 8.71. The van der Waals surface area contributed by atoms with Crippen molar-refractivity contribution in [1.29, 1.82) is 0 Å².